The summed E-state index contributed by atoms with van der Waals surface area (Å²) in [7, 11) is 2.13. The Hall–Kier alpha value is -2.16. The SMILES string of the molecule is CN(Cc1ccc(Cl)cc1)c1ccc2c(c1)C(Nc1cccc(Cl)c1)CC2. The first kappa shape index (κ1) is 18.2. The van der Waals surface area contributed by atoms with Crippen molar-refractivity contribution in [2.45, 2.75) is 25.4 Å². The standard InChI is InChI=1S/C23H22Cl2N2/c1-27(15-16-5-9-18(24)10-6-16)21-11-7-17-8-12-23(22(17)14-21)26-20-4-2-3-19(25)13-20/h2-7,9-11,13-14,23,26H,8,12,15H2,1H3. The van der Waals surface area contributed by atoms with Crippen LogP contribution < -0.4 is 10.2 Å². The predicted octanol–water partition coefficient (Wildman–Crippen LogP) is 6.73. The summed E-state index contributed by atoms with van der Waals surface area (Å²) in [4.78, 5) is 2.28. The van der Waals surface area contributed by atoms with Gasteiger partial charge >= 0.3 is 0 Å². The number of fused-ring (bicyclic) bond motifs is 1. The smallest absolute Gasteiger partial charge is 0.0520 e. The third-order valence-corrected chi connectivity index (χ3v) is 5.63. The molecule has 1 unspecified atom stereocenters. The fourth-order valence-electron chi connectivity index (χ4n) is 3.71. The second-order valence-corrected chi connectivity index (χ2v) is 7.98. The summed E-state index contributed by atoms with van der Waals surface area (Å²) < 4.78 is 0. The van der Waals surface area contributed by atoms with Crippen molar-refractivity contribution in [2.24, 2.45) is 0 Å². The second kappa shape index (κ2) is 7.84. The van der Waals surface area contributed by atoms with Gasteiger partial charge in [-0.05, 0) is 72.0 Å². The number of halogens is 2. The molecule has 0 heterocycles. The number of hydrogen-bond donors (Lipinski definition) is 1. The van der Waals surface area contributed by atoms with Crippen LogP contribution in [0.3, 0.4) is 0 Å². The fraction of sp³-hybridized carbons (Fsp3) is 0.217. The van der Waals surface area contributed by atoms with Gasteiger partial charge in [-0.2, -0.15) is 0 Å². The third kappa shape index (κ3) is 4.23. The van der Waals surface area contributed by atoms with E-state index in [0.29, 0.717) is 6.04 Å². The van der Waals surface area contributed by atoms with E-state index < -0.39 is 0 Å². The summed E-state index contributed by atoms with van der Waals surface area (Å²) in [6, 6.07) is 23.1. The van der Waals surface area contributed by atoms with E-state index in [-0.39, 0.29) is 0 Å². The minimum Gasteiger partial charge on any atom is -0.378 e. The van der Waals surface area contributed by atoms with Gasteiger partial charge in [0.1, 0.15) is 0 Å². The summed E-state index contributed by atoms with van der Waals surface area (Å²) in [6.45, 7) is 0.850. The number of nitrogens with one attached hydrogen (secondary N) is 1. The number of hydrogen-bond acceptors (Lipinski definition) is 2. The molecule has 1 aliphatic carbocycles. The molecule has 0 saturated carbocycles. The Morgan fingerprint density at radius 2 is 1.78 bits per heavy atom. The molecule has 0 spiro atoms. The number of aryl methyl sites for hydroxylation is 1. The number of rotatable bonds is 5. The van der Waals surface area contributed by atoms with Gasteiger partial charge in [0.25, 0.3) is 0 Å². The number of nitrogens with zero attached hydrogens (tertiary/aromatic N) is 1. The first-order chi connectivity index (χ1) is 13.1. The van der Waals surface area contributed by atoms with Crippen molar-refractivity contribution in [1.29, 1.82) is 0 Å². The van der Waals surface area contributed by atoms with E-state index in [2.05, 4.69) is 53.7 Å². The molecule has 0 amide bonds. The van der Waals surface area contributed by atoms with Crippen LogP contribution in [0.5, 0.6) is 0 Å². The highest BCUT2D eigenvalue weighted by Gasteiger charge is 2.23. The maximum absolute atomic E-state index is 6.13. The molecule has 3 aromatic carbocycles. The molecule has 138 valence electrons. The van der Waals surface area contributed by atoms with Gasteiger partial charge in [0, 0.05) is 35.0 Å². The van der Waals surface area contributed by atoms with Gasteiger partial charge in [-0.25, -0.2) is 0 Å². The predicted molar refractivity (Wildman–Crippen MR) is 116 cm³/mol. The van der Waals surface area contributed by atoms with E-state index in [0.717, 1.165) is 35.1 Å². The quantitative estimate of drug-likeness (QED) is 0.514. The Kier molecular flexibility index (Phi) is 5.29. The Bertz CT molecular complexity index is 937. The maximum atomic E-state index is 6.13. The van der Waals surface area contributed by atoms with E-state index >= 15 is 0 Å². The molecule has 0 aliphatic heterocycles. The van der Waals surface area contributed by atoms with Gasteiger partial charge in [0.15, 0.2) is 0 Å². The van der Waals surface area contributed by atoms with Crippen LogP contribution in [0.1, 0.15) is 29.2 Å². The van der Waals surface area contributed by atoms with Crippen LogP contribution in [0.4, 0.5) is 11.4 Å². The van der Waals surface area contributed by atoms with Crippen LogP contribution in [-0.2, 0) is 13.0 Å². The average molecular weight is 397 g/mol. The molecular formula is C23H22Cl2N2. The molecule has 27 heavy (non-hydrogen) atoms. The van der Waals surface area contributed by atoms with Crippen molar-refractivity contribution in [1.82, 2.24) is 0 Å². The van der Waals surface area contributed by atoms with Gasteiger partial charge in [0.05, 0.1) is 6.04 Å². The Balaban J connectivity index is 1.52. The molecule has 1 N–H and O–H groups in total. The molecule has 0 bridgehead atoms. The summed E-state index contributed by atoms with van der Waals surface area (Å²) >= 11 is 12.1. The monoisotopic (exact) mass is 396 g/mol. The average Bonchev–Trinajstić information content (AvgIpc) is 3.06. The zero-order chi connectivity index (χ0) is 18.8. The zero-order valence-corrected chi connectivity index (χ0v) is 16.8. The van der Waals surface area contributed by atoms with Crippen LogP contribution in [0, 0.1) is 0 Å². The first-order valence-corrected chi connectivity index (χ1v) is 9.94. The lowest BCUT2D eigenvalue weighted by atomic mass is 10.1. The number of benzene rings is 3. The van der Waals surface area contributed by atoms with Crippen molar-refractivity contribution in [3.05, 3.63) is 93.5 Å². The highest BCUT2D eigenvalue weighted by molar-refractivity contribution is 6.31. The molecule has 1 aliphatic rings. The van der Waals surface area contributed by atoms with E-state index in [9.17, 15) is 0 Å². The van der Waals surface area contributed by atoms with Crippen molar-refractivity contribution in [2.75, 3.05) is 17.3 Å². The summed E-state index contributed by atoms with van der Waals surface area (Å²) in [5, 5.41) is 5.17. The first-order valence-electron chi connectivity index (χ1n) is 9.19. The highest BCUT2D eigenvalue weighted by Crippen LogP contribution is 2.36. The van der Waals surface area contributed by atoms with Gasteiger partial charge in [-0.1, -0.05) is 47.5 Å². The van der Waals surface area contributed by atoms with Crippen LogP contribution in [0.25, 0.3) is 0 Å². The normalized spacial score (nSPS) is 15.4. The lowest BCUT2D eigenvalue weighted by molar-refractivity contribution is 0.761. The van der Waals surface area contributed by atoms with E-state index in [4.69, 9.17) is 23.2 Å². The van der Waals surface area contributed by atoms with Crippen LogP contribution in [0.15, 0.2) is 66.7 Å². The van der Waals surface area contributed by atoms with E-state index in [1.54, 1.807) is 0 Å². The van der Waals surface area contributed by atoms with Crippen molar-refractivity contribution in [3.8, 4) is 0 Å². The fourth-order valence-corrected chi connectivity index (χ4v) is 4.03. The molecule has 4 rings (SSSR count). The van der Waals surface area contributed by atoms with Gasteiger partial charge < -0.3 is 10.2 Å². The topological polar surface area (TPSA) is 15.3 Å². The van der Waals surface area contributed by atoms with Crippen molar-refractivity contribution >= 4 is 34.6 Å². The van der Waals surface area contributed by atoms with Crippen molar-refractivity contribution in [3.63, 3.8) is 0 Å². The summed E-state index contributed by atoms with van der Waals surface area (Å²) in [6.07, 6.45) is 2.21. The maximum Gasteiger partial charge on any atom is 0.0520 e. The third-order valence-electron chi connectivity index (χ3n) is 5.15. The highest BCUT2D eigenvalue weighted by atomic mass is 35.5. The van der Waals surface area contributed by atoms with Gasteiger partial charge in [-0.3, -0.25) is 0 Å². The minimum atomic E-state index is 0.322. The lowest BCUT2D eigenvalue weighted by Crippen LogP contribution is -2.17. The van der Waals surface area contributed by atoms with E-state index in [1.165, 1.54) is 22.4 Å². The molecule has 4 heteroatoms. The lowest BCUT2D eigenvalue weighted by Gasteiger charge is -2.22. The Morgan fingerprint density at radius 1 is 0.963 bits per heavy atom. The Morgan fingerprint density at radius 3 is 2.56 bits per heavy atom. The van der Waals surface area contributed by atoms with Gasteiger partial charge in [-0.15, -0.1) is 0 Å². The van der Waals surface area contributed by atoms with E-state index in [1.807, 2.05) is 30.3 Å². The van der Waals surface area contributed by atoms with Crippen LogP contribution in [0.2, 0.25) is 10.0 Å². The van der Waals surface area contributed by atoms with Gasteiger partial charge in [0.2, 0.25) is 0 Å². The van der Waals surface area contributed by atoms with Crippen LogP contribution >= 0.6 is 23.2 Å². The summed E-state index contributed by atoms with van der Waals surface area (Å²) in [5.41, 5.74) is 6.35. The molecule has 1 atom stereocenters. The molecule has 0 aromatic heterocycles. The molecule has 3 aromatic rings. The molecule has 0 radical (unpaired) electrons. The molecular weight excluding hydrogens is 375 g/mol. The molecule has 2 nitrogen and oxygen atoms in total. The minimum absolute atomic E-state index is 0.322. The van der Waals surface area contributed by atoms with Crippen molar-refractivity contribution < 1.29 is 0 Å². The second-order valence-electron chi connectivity index (χ2n) is 7.11. The Labute approximate surface area is 170 Å². The summed E-state index contributed by atoms with van der Waals surface area (Å²) in [5.74, 6) is 0. The molecule has 0 fully saturated rings. The largest absolute Gasteiger partial charge is 0.378 e. The zero-order valence-electron chi connectivity index (χ0n) is 15.3. The van der Waals surface area contributed by atoms with Crippen LogP contribution in [-0.4, -0.2) is 7.05 Å². The number of anilines is 2. The molecule has 0 saturated heterocycles.